The quantitative estimate of drug-likeness (QED) is 0.894. The van der Waals surface area contributed by atoms with Gasteiger partial charge in [0.1, 0.15) is 0 Å². The predicted molar refractivity (Wildman–Crippen MR) is 71.2 cm³/mol. The van der Waals surface area contributed by atoms with Crippen molar-refractivity contribution in [1.29, 1.82) is 0 Å². The third-order valence-corrected chi connectivity index (χ3v) is 2.86. The summed E-state index contributed by atoms with van der Waals surface area (Å²) in [5.41, 5.74) is 2.37. The largest absolute Gasteiger partial charge is 0.307 e. The van der Waals surface area contributed by atoms with Crippen molar-refractivity contribution in [2.45, 2.75) is 13.0 Å². The molecule has 0 aliphatic heterocycles. The van der Waals surface area contributed by atoms with Gasteiger partial charge in [-0.25, -0.2) is 0 Å². The highest BCUT2D eigenvalue weighted by Crippen LogP contribution is 2.23. The highest BCUT2D eigenvalue weighted by atomic mass is 35.5. The number of nitrogens with zero attached hydrogens (tertiary/aromatic N) is 1. The molecule has 2 aromatic rings. The molecule has 1 aromatic carbocycles. The zero-order valence-corrected chi connectivity index (χ0v) is 10.5. The van der Waals surface area contributed by atoms with Gasteiger partial charge in [-0.2, -0.15) is 0 Å². The van der Waals surface area contributed by atoms with E-state index in [0.717, 1.165) is 11.6 Å². The molecule has 0 aliphatic rings. The summed E-state index contributed by atoms with van der Waals surface area (Å²) in [6, 6.07) is 12.2. The molecule has 2 nitrogen and oxygen atoms in total. The van der Waals surface area contributed by atoms with E-state index < -0.39 is 0 Å². The molecule has 1 unspecified atom stereocenters. The van der Waals surface area contributed by atoms with Crippen LogP contribution < -0.4 is 5.32 Å². The minimum Gasteiger partial charge on any atom is -0.307 e. The van der Waals surface area contributed by atoms with Crippen molar-refractivity contribution in [1.82, 2.24) is 10.3 Å². The SMILES string of the molecule is CCNC(c1ccncc1)c1cccc(Cl)c1. The van der Waals surface area contributed by atoms with Crippen molar-refractivity contribution in [3.63, 3.8) is 0 Å². The number of hydrogen-bond donors (Lipinski definition) is 1. The molecule has 88 valence electrons. The van der Waals surface area contributed by atoms with Crippen molar-refractivity contribution in [3.05, 3.63) is 64.9 Å². The predicted octanol–water partition coefficient (Wildman–Crippen LogP) is 3.43. The zero-order chi connectivity index (χ0) is 12.1. The maximum Gasteiger partial charge on any atom is 0.0578 e. The lowest BCUT2D eigenvalue weighted by atomic mass is 10.00. The van der Waals surface area contributed by atoms with E-state index in [-0.39, 0.29) is 6.04 Å². The normalized spacial score (nSPS) is 12.4. The number of nitrogens with one attached hydrogen (secondary N) is 1. The van der Waals surface area contributed by atoms with Gasteiger partial charge in [0.15, 0.2) is 0 Å². The van der Waals surface area contributed by atoms with Crippen molar-refractivity contribution in [3.8, 4) is 0 Å². The fourth-order valence-corrected chi connectivity index (χ4v) is 2.07. The summed E-state index contributed by atoms with van der Waals surface area (Å²) in [4.78, 5) is 4.05. The van der Waals surface area contributed by atoms with Crippen LogP contribution in [0.2, 0.25) is 5.02 Å². The molecule has 0 saturated heterocycles. The lowest BCUT2D eigenvalue weighted by Crippen LogP contribution is -2.21. The Morgan fingerprint density at radius 2 is 1.94 bits per heavy atom. The molecule has 0 bridgehead atoms. The van der Waals surface area contributed by atoms with Crippen molar-refractivity contribution in [2.24, 2.45) is 0 Å². The third kappa shape index (κ3) is 3.05. The van der Waals surface area contributed by atoms with Gasteiger partial charge >= 0.3 is 0 Å². The highest BCUT2D eigenvalue weighted by Gasteiger charge is 2.12. The van der Waals surface area contributed by atoms with E-state index in [9.17, 15) is 0 Å². The van der Waals surface area contributed by atoms with Gasteiger partial charge in [0, 0.05) is 17.4 Å². The van der Waals surface area contributed by atoms with E-state index in [1.807, 2.05) is 42.7 Å². The summed E-state index contributed by atoms with van der Waals surface area (Å²) in [7, 11) is 0. The number of pyridine rings is 1. The van der Waals surface area contributed by atoms with E-state index in [0.29, 0.717) is 0 Å². The Bertz CT molecular complexity index is 471. The summed E-state index contributed by atoms with van der Waals surface area (Å²) in [5.74, 6) is 0. The second-order valence-electron chi connectivity index (χ2n) is 3.83. The molecule has 0 fully saturated rings. The minimum absolute atomic E-state index is 0.168. The summed E-state index contributed by atoms with van der Waals surface area (Å²) in [5, 5.41) is 4.22. The summed E-state index contributed by atoms with van der Waals surface area (Å²) >= 11 is 6.04. The van der Waals surface area contributed by atoms with Gasteiger partial charge in [0.05, 0.1) is 6.04 Å². The van der Waals surface area contributed by atoms with Gasteiger partial charge in [-0.15, -0.1) is 0 Å². The lowest BCUT2D eigenvalue weighted by Gasteiger charge is -2.18. The summed E-state index contributed by atoms with van der Waals surface area (Å²) in [6.45, 7) is 3.00. The van der Waals surface area contributed by atoms with Crippen LogP contribution in [0.25, 0.3) is 0 Å². The Morgan fingerprint density at radius 1 is 1.18 bits per heavy atom. The lowest BCUT2D eigenvalue weighted by molar-refractivity contribution is 0.630. The number of halogens is 1. The van der Waals surface area contributed by atoms with Gasteiger partial charge in [-0.05, 0) is 41.9 Å². The van der Waals surface area contributed by atoms with Crippen LogP contribution >= 0.6 is 11.6 Å². The minimum atomic E-state index is 0.168. The van der Waals surface area contributed by atoms with E-state index in [2.05, 4.69) is 23.3 Å². The average molecular weight is 247 g/mol. The Hall–Kier alpha value is -1.38. The zero-order valence-electron chi connectivity index (χ0n) is 9.73. The first kappa shape index (κ1) is 12.1. The van der Waals surface area contributed by atoms with E-state index in [1.165, 1.54) is 11.1 Å². The molecule has 0 amide bonds. The number of rotatable bonds is 4. The second-order valence-corrected chi connectivity index (χ2v) is 4.26. The smallest absolute Gasteiger partial charge is 0.0578 e. The standard InChI is InChI=1S/C14H15ClN2/c1-2-17-14(11-6-8-16-9-7-11)12-4-3-5-13(15)10-12/h3-10,14,17H,2H2,1H3. The maximum atomic E-state index is 6.04. The molecule has 17 heavy (non-hydrogen) atoms. The van der Waals surface area contributed by atoms with Crippen LogP contribution in [0.1, 0.15) is 24.1 Å². The van der Waals surface area contributed by atoms with E-state index in [1.54, 1.807) is 0 Å². The number of benzene rings is 1. The second kappa shape index (κ2) is 5.80. The maximum absolute atomic E-state index is 6.04. The van der Waals surface area contributed by atoms with Crippen LogP contribution in [0.4, 0.5) is 0 Å². The Kier molecular flexibility index (Phi) is 4.13. The fourth-order valence-electron chi connectivity index (χ4n) is 1.87. The molecule has 2 rings (SSSR count). The molecule has 0 aliphatic carbocycles. The van der Waals surface area contributed by atoms with Gasteiger partial charge in [-0.1, -0.05) is 30.7 Å². The fraction of sp³-hybridized carbons (Fsp3) is 0.214. The van der Waals surface area contributed by atoms with Gasteiger partial charge in [-0.3, -0.25) is 4.98 Å². The highest BCUT2D eigenvalue weighted by molar-refractivity contribution is 6.30. The molecule has 1 atom stereocenters. The Morgan fingerprint density at radius 3 is 2.59 bits per heavy atom. The van der Waals surface area contributed by atoms with Gasteiger partial charge < -0.3 is 5.32 Å². The molecule has 1 aromatic heterocycles. The molecule has 3 heteroatoms. The van der Waals surface area contributed by atoms with Crippen LogP contribution in [-0.2, 0) is 0 Å². The van der Waals surface area contributed by atoms with Gasteiger partial charge in [0.25, 0.3) is 0 Å². The first-order valence-electron chi connectivity index (χ1n) is 5.70. The monoisotopic (exact) mass is 246 g/mol. The van der Waals surface area contributed by atoms with Crippen LogP contribution in [0, 0.1) is 0 Å². The summed E-state index contributed by atoms with van der Waals surface area (Å²) in [6.07, 6.45) is 3.62. The molecule has 0 saturated carbocycles. The summed E-state index contributed by atoms with van der Waals surface area (Å²) < 4.78 is 0. The molecule has 1 heterocycles. The third-order valence-electron chi connectivity index (χ3n) is 2.63. The molecular weight excluding hydrogens is 232 g/mol. The Balaban J connectivity index is 2.35. The van der Waals surface area contributed by atoms with Gasteiger partial charge in [0.2, 0.25) is 0 Å². The van der Waals surface area contributed by atoms with Crippen LogP contribution in [-0.4, -0.2) is 11.5 Å². The first-order chi connectivity index (χ1) is 8.31. The number of aromatic nitrogens is 1. The molecule has 1 N–H and O–H groups in total. The van der Waals surface area contributed by atoms with Crippen molar-refractivity contribution in [2.75, 3.05) is 6.54 Å². The topological polar surface area (TPSA) is 24.9 Å². The molecule has 0 spiro atoms. The van der Waals surface area contributed by atoms with Crippen LogP contribution in [0.3, 0.4) is 0 Å². The van der Waals surface area contributed by atoms with Crippen LogP contribution in [0.5, 0.6) is 0 Å². The first-order valence-corrected chi connectivity index (χ1v) is 6.08. The molecular formula is C14H15ClN2. The van der Waals surface area contributed by atoms with Crippen molar-refractivity contribution >= 4 is 11.6 Å². The average Bonchev–Trinajstić information content (AvgIpc) is 2.37. The van der Waals surface area contributed by atoms with Crippen molar-refractivity contribution < 1.29 is 0 Å². The molecule has 0 radical (unpaired) electrons. The number of hydrogen-bond acceptors (Lipinski definition) is 2. The van der Waals surface area contributed by atoms with Crippen LogP contribution in [0.15, 0.2) is 48.8 Å². The van der Waals surface area contributed by atoms with E-state index in [4.69, 9.17) is 11.6 Å². The Labute approximate surface area is 107 Å². The van der Waals surface area contributed by atoms with E-state index >= 15 is 0 Å².